The molecule has 0 aromatic heterocycles. The topological polar surface area (TPSA) is 197 Å². The molecule has 0 heterocycles. The molecule has 5 aliphatic carbocycles. The molecule has 0 bridgehead atoms. The van der Waals surface area contributed by atoms with Crippen LogP contribution in [0.25, 0.3) is 0 Å². The number of amides is 3. The van der Waals surface area contributed by atoms with Crippen molar-refractivity contribution in [3.05, 3.63) is 11.6 Å². The van der Waals surface area contributed by atoms with Crippen molar-refractivity contribution in [2.45, 2.75) is 189 Å². The van der Waals surface area contributed by atoms with Gasteiger partial charge in [-0.15, -0.1) is 0 Å². The summed E-state index contributed by atoms with van der Waals surface area (Å²) in [7, 11) is 0. The van der Waals surface area contributed by atoms with Crippen molar-refractivity contribution in [2.75, 3.05) is 13.1 Å². The van der Waals surface area contributed by atoms with Crippen molar-refractivity contribution in [3.63, 3.8) is 0 Å². The molecule has 0 saturated heterocycles. The highest BCUT2D eigenvalue weighted by atomic mass is 16.4. The van der Waals surface area contributed by atoms with E-state index in [9.17, 15) is 24.6 Å². The Labute approximate surface area is 349 Å². The number of nitrogens with one attached hydrogen (secondary N) is 3. The van der Waals surface area contributed by atoms with Crippen LogP contribution in [0.2, 0.25) is 0 Å². The lowest BCUT2D eigenvalue weighted by atomic mass is 9.33. The van der Waals surface area contributed by atoms with Crippen molar-refractivity contribution in [2.24, 2.45) is 67.6 Å². The molecule has 5 rings (SSSR count). The van der Waals surface area contributed by atoms with Gasteiger partial charge in [0.2, 0.25) is 17.7 Å². The second kappa shape index (κ2) is 17.5. The first kappa shape index (κ1) is 46.6. The number of aliphatic hydroxyl groups excluding tert-OH is 1. The van der Waals surface area contributed by atoms with E-state index >= 15 is 4.79 Å². The quantitative estimate of drug-likeness (QED) is 0.0669. The normalized spacial score (nSPS) is 36.4. The van der Waals surface area contributed by atoms with Crippen LogP contribution < -0.4 is 27.4 Å². The molecule has 0 spiro atoms. The monoisotopic (exact) mass is 812 g/mol. The van der Waals surface area contributed by atoms with E-state index in [4.69, 9.17) is 11.5 Å². The molecule has 0 radical (unpaired) electrons. The van der Waals surface area contributed by atoms with Crippen LogP contribution in [0.5, 0.6) is 0 Å². The number of carboxylic acid groups (broad SMARTS) is 1. The highest BCUT2D eigenvalue weighted by molar-refractivity contribution is 5.94. The number of carboxylic acids is 1. The summed E-state index contributed by atoms with van der Waals surface area (Å²) in [5.74, 6) is -1.49. The van der Waals surface area contributed by atoms with Gasteiger partial charge in [0.15, 0.2) is 0 Å². The molecule has 330 valence electrons. The van der Waals surface area contributed by atoms with Crippen LogP contribution in [0.3, 0.4) is 0 Å². The van der Waals surface area contributed by atoms with Crippen molar-refractivity contribution in [1.29, 1.82) is 0 Å². The number of fused-ring (bicyclic) bond motifs is 7. The van der Waals surface area contributed by atoms with E-state index in [0.29, 0.717) is 57.0 Å². The van der Waals surface area contributed by atoms with E-state index in [1.165, 1.54) is 5.57 Å². The van der Waals surface area contributed by atoms with Gasteiger partial charge in [-0.25, -0.2) is 4.79 Å². The van der Waals surface area contributed by atoms with Gasteiger partial charge in [-0.3, -0.25) is 14.4 Å². The number of carbonyl (C=O) groups excluding carboxylic acids is 3. The molecule has 11 heteroatoms. The Balaban J connectivity index is 1.42. The molecule has 4 fully saturated rings. The van der Waals surface area contributed by atoms with Gasteiger partial charge in [0, 0.05) is 0 Å². The SMILES string of the molecule is CC(C)[C@H](NC(=O)[C@H](CCCCN)NC(=O)[C@]12CCC(C)(C)C[C@H]1C1=CC[C@@H]3[C@@]4(C)CC[C@H](O)C(C)(C)[C@@H]4CC[C@@]3(C)[C@]1(C)CC2)C(=O)N[C@@H](CCCCN)C(=O)O. The third-order valence-electron chi connectivity index (χ3n) is 17.4. The Morgan fingerprint density at radius 2 is 1.38 bits per heavy atom. The maximum absolute atomic E-state index is 15.2. The minimum absolute atomic E-state index is 0.0529. The largest absolute Gasteiger partial charge is 0.480 e. The second-order valence-corrected chi connectivity index (χ2v) is 22.0. The maximum atomic E-state index is 15.2. The average Bonchev–Trinajstić information content (AvgIpc) is 3.14. The van der Waals surface area contributed by atoms with Crippen LogP contribution in [0.1, 0.15) is 165 Å². The third-order valence-corrected chi connectivity index (χ3v) is 17.4. The first-order valence-corrected chi connectivity index (χ1v) is 23.0. The number of hydrogen-bond acceptors (Lipinski definition) is 7. The van der Waals surface area contributed by atoms with Crippen LogP contribution in [0.4, 0.5) is 0 Å². The number of unbranched alkanes of at least 4 members (excludes halogenated alkanes) is 2. The zero-order valence-corrected chi connectivity index (χ0v) is 37.6. The molecular weight excluding hydrogens is 731 g/mol. The van der Waals surface area contributed by atoms with Gasteiger partial charge < -0.3 is 37.6 Å². The summed E-state index contributed by atoms with van der Waals surface area (Å²) in [6.07, 6.45) is 14.8. The summed E-state index contributed by atoms with van der Waals surface area (Å²) < 4.78 is 0. The van der Waals surface area contributed by atoms with Crippen LogP contribution in [-0.2, 0) is 19.2 Å². The van der Waals surface area contributed by atoms with E-state index < -0.39 is 41.3 Å². The Kier molecular flexibility index (Phi) is 14.0. The predicted octanol–water partition coefficient (Wildman–Crippen LogP) is 6.60. The lowest BCUT2D eigenvalue weighted by Crippen LogP contribution is -2.66. The van der Waals surface area contributed by atoms with Gasteiger partial charge in [0.1, 0.15) is 18.1 Å². The van der Waals surface area contributed by atoms with Crippen LogP contribution in [0.15, 0.2) is 11.6 Å². The lowest BCUT2D eigenvalue weighted by Gasteiger charge is -2.71. The standard InChI is InChI=1S/C47H81N5O6/c1-29(2)37(39(55)50-33(40(56)57)15-11-13-27-49)52-38(54)32(14-10-12-26-48)51-41(58)47-24-22-42(3,4)28-31(47)30-16-17-35-44(7)20-19-36(53)43(5,6)34(44)18-21-46(35,9)45(30,8)23-25-47/h16,29,31-37,53H,10-15,17-28,48-49H2,1-9H3,(H,50,55)(H,51,58)(H,52,54)(H,56,57)/t31-,32-,33-,34-,35+,36-,37-,44-,45+,46+,47-/m0/s1. The van der Waals surface area contributed by atoms with Crippen LogP contribution in [0, 0.1) is 56.2 Å². The summed E-state index contributed by atoms with van der Waals surface area (Å²) in [5, 5.41) is 29.9. The first-order valence-electron chi connectivity index (χ1n) is 23.0. The number of rotatable bonds is 16. The number of carbonyl (C=O) groups is 4. The van der Waals surface area contributed by atoms with E-state index in [2.05, 4.69) is 70.5 Å². The lowest BCUT2D eigenvalue weighted by molar-refractivity contribution is -0.203. The molecule has 11 nitrogen and oxygen atoms in total. The molecule has 0 aliphatic heterocycles. The molecule has 3 amide bonds. The van der Waals surface area contributed by atoms with Crippen molar-refractivity contribution < 1.29 is 29.4 Å². The van der Waals surface area contributed by atoms with Crippen molar-refractivity contribution in [3.8, 4) is 0 Å². The zero-order valence-electron chi connectivity index (χ0n) is 37.6. The van der Waals surface area contributed by atoms with Gasteiger partial charge in [-0.1, -0.05) is 74.0 Å². The third kappa shape index (κ3) is 8.40. The van der Waals surface area contributed by atoms with Gasteiger partial charge in [-0.05, 0) is 167 Å². The Morgan fingerprint density at radius 1 is 0.759 bits per heavy atom. The molecule has 5 aliphatic rings. The summed E-state index contributed by atoms with van der Waals surface area (Å²) in [5.41, 5.74) is 12.4. The molecule has 4 saturated carbocycles. The van der Waals surface area contributed by atoms with Crippen LogP contribution in [-0.4, -0.2) is 71.2 Å². The Bertz CT molecular complexity index is 1560. The molecule has 0 aromatic carbocycles. The van der Waals surface area contributed by atoms with Gasteiger partial charge in [-0.2, -0.15) is 0 Å². The number of allylic oxidation sites excluding steroid dienone is 2. The maximum Gasteiger partial charge on any atom is 0.326 e. The van der Waals surface area contributed by atoms with Crippen LogP contribution >= 0.6 is 0 Å². The number of aliphatic carboxylic acids is 1. The Hall–Kier alpha value is -2.50. The molecular formula is C47H81N5O6. The van der Waals surface area contributed by atoms with E-state index in [0.717, 1.165) is 64.2 Å². The molecule has 0 aromatic rings. The molecule has 0 unspecified atom stereocenters. The highest BCUT2D eigenvalue weighted by Crippen LogP contribution is 2.75. The van der Waals surface area contributed by atoms with E-state index in [1.807, 2.05) is 13.8 Å². The summed E-state index contributed by atoms with van der Waals surface area (Å²) >= 11 is 0. The summed E-state index contributed by atoms with van der Waals surface area (Å²) in [6, 6.07) is -2.94. The second-order valence-electron chi connectivity index (χ2n) is 22.0. The minimum atomic E-state index is -1.13. The smallest absolute Gasteiger partial charge is 0.326 e. The first-order chi connectivity index (χ1) is 27.0. The minimum Gasteiger partial charge on any atom is -0.480 e. The van der Waals surface area contributed by atoms with Crippen molar-refractivity contribution in [1.82, 2.24) is 16.0 Å². The fourth-order valence-corrected chi connectivity index (χ4v) is 13.5. The molecule has 11 atom stereocenters. The fourth-order valence-electron chi connectivity index (χ4n) is 13.5. The molecule has 9 N–H and O–H groups in total. The van der Waals surface area contributed by atoms with Crippen molar-refractivity contribution >= 4 is 23.7 Å². The van der Waals surface area contributed by atoms with E-state index in [-0.39, 0.29) is 57.3 Å². The fraction of sp³-hybridized carbons (Fsp3) is 0.872. The number of nitrogens with two attached hydrogens (primary N) is 2. The predicted molar refractivity (Wildman–Crippen MR) is 229 cm³/mol. The average molecular weight is 812 g/mol. The van der Waals surface area contributed by atoms with E-state index in [1.54, 1.807) is 0 Å². The Morgan fingerprint density at radius 3 is 1.98 bits per heavy atom. The van der Waals surface area contributed by atoms with Gasteiger partial charge in [0.25, 0.3) is 0 Å². The van der Waals surface area contributed by atoms with Gasteiger partial charge >= 0.3 is 5.97 Å². The van der Waals surface area contributed by atoms with Gasteiger partial charge in [0.05, 0.1) is 11.5 Å². The number of hydrogen-bond donors (Lipinski definition) is 7. The summed E-state index contributed by atoms with van der Waals surface area (Å²) in [4.78, 5) is 55.0. The number of aliphatic hydroxyl groups is 1. The summed E-state index contributed by atoms with van der Waals surface area (Å²) in [6.45, 7) is 21.4. The molecule has 58 heavy (non-hydrogen) atoms. The highest BCUT2D eigenvalue weighted by Gasteiger charge is 2.69. The zero-order chi connectivity index (χ0) is 43.1.